The third-order valence-corrected chi connectivity index (χ3v) is 4.01. The zero-order valence-corrected chi connectivity index (χ0v) is 12.3. The van der Waals surface area contributed by atoms with E-state index in [4.69, 9.17) is 5.11 Å². The van der Waals surface area contributed by atoms with Crippen molar-refractivity contribution in [3.8, 4) is 0 Å². The van der Waals surface area contributed by atoms with Crippen molar-refractivity contribution in [2.24, 2.45) is 0 Å². The minimum Gasteiger partial charge on any atom is -0.481 e. The number of carboxylic acid groups (broad SMARTS) is 1. The van der Waals surface area contributed by atoms with E-state index in [2.05, 4.69) is 10.3 Å². The first-order valence-corrected chi connectivity index (χ1v) is 7.80. The fourth-order valence-corrected chi connectivity index (χ4v) is 2.63. The number of hydrogen-bond donors (Lipinski definition) is 2. The summed E-state index contributed by atoms with van der Waals surface area (Å²) in [5.41, 5.74) is 0.980. The second kappa shape index (κ2) is 6.53. The molecule has 5 nitrogen and oxygen atoms in total. The average Bonchev–Trinajstić information content (AvgIpc) is 2.85. The lowest BCUT2D eigenvalue weighted by Crippen LogP contribution is -2.11. The first-order valence-electron chi connectivity index (χ1n) is 5.70. The standard InChI is InChI=1S/C13H12N2O3S2/c1-19-10-4-2-8(3-5-10)12(18)15-13-14-9(7-20-13)6-11(16)17/h2-5,7H,6H2,1H3,(H,16,17)(H,14,15,18). The van der Waals surface area contributed by atoms with E-state index in [1.165, 1.54) is 11.3 Å². The SMILES string of the molecule is CSc1ccc(C(=O)Nc2nc(CC(=O)O)cs2)cc1. The van der Waals surface area contributed by atoms with E-state index >= 15 is 0 Å². The number of aromatic nitrogens is 1. The molecular weight excluding hydrogens is 296 g/mol. The molecule has 1 aromatic heterocycles. The molecule has 2 aromatic rings. The summed E-state index contributed by atoms with van der Waals surface area (Å²) in [6.45, 7) is 0. The van der Waals surface area contributed by atoms with Crippen molar-refractivity contribution in [1.29, 1.82) is 0 Å². The van der Waals surface area contributed by atoms with E-state index in [0.29, 0.717) is 16.4 Å². The minimum atomic E-state index is -0.944. The highest BCUT2D eigenvalue weighted by Gasteiger charge is 2.10. The molecule has 0 aliphatic carbocycles. The van der Waals surface area contributed by atoms with Gasteiger partial charge in [0.1, 0.15) is 0 Å². The van der Waals surface area contributed by atoms with Crippen LogP contribution in [0.2, 0.25) is 0 Å². The lowest BCUT2D eigenvalue weighted by molar-refractivity contribution is -0.136. The number of nitrogens with one attached hydrogen (secondary N) is 1. The summed E-state index contributed by atoms with van der Waals surface area (Å²) >= 11 is 2.82. The van der Waals surface area contributed by atoms with Gasteiger partial charge in [0.25, 0.3) is 5.91 Å². The van der Waals surface area contributed by atoms with E-state index < -0.39 is 5.97 Å². The van der Waals surface area contributed by atoms with Crippen molar-refractivity contribution in [3.63, 3.8) is 0 Å². The largest absolute Gasteiger partial charge is 0.481 e. The predicted octanol–water partition coefficient (Wildman–Crippen LogP) is 2.74. The van der Waals surface area contributed by atoms with Crippen LogP contribution in [0.15, 0.2) is 34.5 Å². The number of carboxylic acids is 1. The molecule has 0 unspecified atom stereocenters. The van der Waals surface area contributed by atoms with Gasteiger partial charge in [-0.1, -0.05) is 0 Å². The van der Waals surface area contributed by atoms with E-state index in [9.17, 15) is 9.59 Å². The predicted molar refractivity (Wildman–Crippen MR) is 79.6 cm³/mol. The average molecular weight is 308 g/mol. The number of thioether (sulfide) groups is 1. The van der Waals surface area contributed by atoms with Gasteiger partial charge in [0.15, 0.2) is 5.13 Å². The highest BCUT2D eigenvalue weighted by Crippen LogP contribution is 2.18. The zero-order chi connectivity index (χ0) is 14.5. The fourth-order valence-electron chi connectivity index (χ4n) is 1.51. The Balaban J connectivity index is 2.03. The molecule has 2 rings (SSSR count). The van der Waals surface area contributed by atoms with Crippen LogP contribution in [-0.4, -0.2) is 28.2 Å². The summed E-state index contributed by atoms with van der Waals surface area (Å²) in [7, 11) is 0. The second-order valence-electron chi connectivity index (χ2n) is 3.90. The molecule has 0 aliphatic rings. The zero-order valence-electron chi connectivity index (χ0n) is 10.6. The molecule has 0 aliphatic heterocycles. The first-order chi connectivity index (χ1) is 9.58. The number of aliphatic carboxylic acids is 1. The summed E-state index contributed by atoms with van der Waals surface area (Å²) in [6.07, 6.45) is 1.82. The van der Waals surface area contributed by atoms with Gasteiger partial charge >= 0.3 is 5.97 Å². The van der Waals surface area contributed by atoms with Crippen LogP contribution in [0.1, 0.15) is 16.1 Å². The van der Waals surface area contributed by atoms with E-state index in [0.717, 1.165) is 4.90 Å². The molecular formula is C13H12N2O3S2. The molecule has 0 fully saturated rings. The Labute approximate surface area is 124 Å². The van der Waals surface area contributed by atoms with Crippen molar-refractivity contribution >= 4 is 40.1 Å². The van der Waals surface area contributed by atoms with Crippen LogP contribution in [0.5, 0.6) is 0 Å². The van der Waals surface area contributed by atoms with Crippen molar-refractivity contribution in [2.75, 3.05) is 11.6 Å². The van der Waals surface area contributed by atoms with Crippen LogP contribution in [0.4, 0.5) is 5.13 Å². The van der Waals surface area contributed by atoms with Gasteiger partial charge in [-0.3, -0.25) is 14.9 Å². The van der Waals surface area contributed by atoms with Crippen molar-refractivity contribution in [1.82, 2.24) is 4.98 Å². The number of thiazole rings is 1. The second-order valence-corrected chi connectivity index (χ2v) is 5.63. The van der Waals surface area contributed by atoms with Gasteiger partial charge in [0, 0.05) is 15.8 Å². The van der Waals surface area contributed by atoms with Gasteiger partial charge in [-0.05, 0) is 30.5 Å². The quantitative estimate of drug-likeness (QED) is 0.830. The van der Waals surface area contributed by atoms with E-state index in [1.807, 2.05) is 18.4 Å². The number of carbonyl (C=O) groups excluding carboxylic acids is 1. The number of hydrogen-bond acceptors (Lipinski definition) is 5. The third-order valence-electron chi connectivity index (χ3n) is 2.46. The monoisotopic (exact) mass is 308 g/mol. The van der Waals surface area contributed by atoms with Crippen LogP contribution in [0.3, 0.4) is 0 Å². The summed E-state index contributed by atoms with van der Waals surface area (Å²) < 4.78 is 0. The molecule has 0 saturated heterocycles. The van der Waals surface area contributed by atoms with Gasteiger partial charge in [-0.15, -0.1) is 23.1 Å². The summed E-state index contributed by atoms with van der Waals surface area (Å²) in [4.78, 5) is 27.7. The minimum absolute atomic E-state index is 0.144. The lowest BCUT2D eigenvalue weighted by atomic mass is 10.2. The Morgan fingerprint density at radius 1 is 1.35 bits per heavy atom. The summed E-state index contributed by atoms with van der Waals surface area (Å²) in [5, 5.41) is 13.3. The molecule has 1 amide bonds. The molecule has 1 aromatic carbocycles. The van der Waals surface area contributed by atoms with E-state index in [1.54, 1.807) is 29.3 Å². The molecule has 7 heteroatoms. The fraction of sp³-hybridized carbons (Fsp3) is 0.154. The van der Waals surface area contributed by atoms with Crippen LogP contribution in [0.25, 0.3) is 0 Å². The lowest BCUT2D eigenvalue weighted by Gasteiger charge is -2.02. The Hall–Kier alpha value is -1.86. The Morgan fingerprint density at radius 3 is 2.65 bits per heavy atom. The van der Waals surface area contributed by atoms with Gasteiger partial charge < -0.3 is 5.11 Å². The van der Waals surface area contributed by atoms with Gasteiger partial charge in [-0.25, -0.2) is 4.98 Å². The normalized spacial score (nSPS) is 10.2. The van der Waals surface area contributed by atoms with Gasteiger partial charge in [0.2, 0.25) is 0 Å². The molecule has 0 bridgehead atoms. The van der Waals surface area contributed by atoms with Crippen molar-refractivity contribution in [2.45, 2.75) is 11.3 Å². The molecule has 20 heavy (non-hydrogen) atoms. The number of anilines is 1. The summed E-state index contributed by atoms with van der Waals surface area (Å²) in [6, 6.07) is 7.23. The summed E-state index contributed by atoms with van der Waals surface area (Å²) in [5.74, 6) is -1.20. The molecule has 0 atom stereocenters. The maximum atomic E-state index is 12.0. The number of benzene rings is 1. The Kier molecular flexibility index (Phi) is 4.75. The Morgan fingerprint density at radius 2 is 2.05 bits per heavy atom. The molecule has 1 heterocycles. The number of rotatable bonds is 5. The molecule has 104 valence electrons. The highest BCUT2D eigenvalue weighted by molar-refractivity contribution is 7.98. The number of nitrogens with zero attached hydrogens (tertiary/aromatic N) is 1. The van der Waals surface area contributed by atoms with Crippen LogP contribution >= 0.6 is 23.1 Å². The van der Waals surface area contributed by atoms with Crippen molar-refractivity contribution in [3.05, 3.63) is 40.9 Å². The maximum absolute atomic E-state index is 12.0. The third kappa shape index (κ3) is 3.82. The number of amides is 1. The first kappa shape index (κ1) is 14.5. The van der Waals surface area contributed by atoms with E-state index in [-0.39, 0.29) is 12.3 Å². The maximum Gasteiger partial charge on any atom is 0.309 e. The van der Waals surface area contributed by atoms with Gasteiger partial charge in [0.05, 0.1) is 12.1 Å². The van der Waals surface area contributed by atoms with Crippen LogP contribution in [0, 0.1) is 0 Å². The van der Waals surface area contributed by atoms with Gasteiger partial charge in [-0.2, -0.15) is 0 Å². The highest BCUT2D eigenvalue weighted by atomic mass is 32.2. The molecule has 2 N–H and O–H groups in total. The smallest absolute Gasteiger partial charge is 0.309 e. The topological polar surface area (TPSA) is 79.3 Å². The Bertz CT molecular complexity index is 623. The van der Waals surface area contributed by atoms with Crippen LogP contribution in [-0.2, 0) is 11.2 Å². The molecule has 0 saturated carbocycles. The number of carbonyl (C=O) groups is 2. The molecule has 0 radical (unpaired) electrons. The van der Waals surface area contributed by atoms with Crippen LogP contribution < -0.4 is 5.32 Å². The molecule has 0 spiro atoms. The van der Waals surface area contributed by atoms with Crippen molar-refractivity contribution < 1.29 is 14.7 Å².